The predicted octanol–water partition coefficient (Wildman–Crippen LogP) is 2.63. The van der Waals surface area contributed by atoms with E-state index >= 15 is 0 Å². The number of benzene rings is 1. The summed E-state index contributed by atoms with van der Waals surface area (Å²) in [5.74, 6) is -0.224. The Hall–Kier alpha value is -1.87. The zero-order valence-corrected chi connectivity index (χ0v) is 10.1. The lowest BCUT2D eigenvalue weighted by Crippen LogP contribution is -2.32. The Morgan fingerprint density at radius 3 is 2.89 bits per heavy atom. The third-order valence-corrected chi connectivity index (χ3v) is 2.72. The molecule has 1 aromatic rings. The molecule has 0 unspecified atom stereocenters. The third-order valence-electron chi connectivity index (χ3n) is 2.72. The topological polar surface area (TPSA) is 35.5 Å². The van der Waals surface area contributed by atoms with Crippen LogP contribution in [0.3, 0.4) is 0 Å². The number of esters is 1. The van der Waals surface area contributed by atoms with Crippen molar-refractivity contribution >= 4 is 5.97 Å². The van der Waals surface area contributed by atoms with E-state index in [0.29, 0.717) is 13.0 Å². The van der Waals surface area contributed by atoms with Crippen molar-refractivity contribution < 1.29 is 14.3 Å². The average molecular weight is 244 g/mol. The van der Waals surface area contributed by atoms with E-state index in [4.69, 9.17) is 9.47 Å². The van der Waals surface area contributed by atoms with Crippen LogP contribution in [0.5, 0.6) is 0 Å². The second-order valence-corrected chi connectivity index (χ2v) is 4.08. The molecule has 0 amide bonds. The Bertz CT molecular complexity index is 436. The van der Waals surface area contributed by atoms with Gasteiger partial charge in [0.15, 0.2) is 0 Å². The zero-order chi connectivity index (χ0) is 12.8. The van der Waals surface area contributed by atoms with Gasteiger partial charge in [-0.05, 0) is 11.6 Å². The summed E-state index contributed by atoms with van der Waals surface area (Å²) in [6, 6.07) is 9.86. The molecule has 0 aromatic heterocycles. The van der Waals surface area contributed by atoms with E-state index in [9.17, 15) is 4.79 Å². The van der Waals surface area contributed by atoms with Crippen LogP contribution in [0, 0.1) is 0 Å². The minimum Gasteiger partial charge on any atom is -0.455 e. The first-order valence-corrected chi connectivity index (χ1v) is 5.94. The molecule has 0 spiro atoms. The van der Waals surface area contributed by atoms with Gasteiger partial charge in [0.25, 0.3) is 0 Å². The summed E-state index contributed by atoms with van der Waals surface area (Å²) in [6.07, 6.45) is 4.96. The lowest BCUT2D eigenvalue weighted by molar-refractivity contribution is -0.152. The van der Waals surface area contributed by atoms with Crippen LogP contribution in [0.4, 0.5) is 0 Å². The quantitative estimate of drug-likeness (QED) is 0.590. The normalized spacial score (nSPS) is 20.2. The summed E-state index contributed by atoms with van der Waals surface area (Å²) in [5.41, 5.74) is 1.08. The molecule has 2 rings (SSSR count). The summed E-state index contributed by atoms with van der Waals surface area (Å²) in [4.78, 5) is 11.2. The largest absolute Gasteiger partial charge is 0.455 e. The summed E-state index contributed by atoms with van der Waals surface area (Å²) in [7, 11) is 0. The smallest absolute Gasteiger partial charge is 0.310 e. The Morgan fingerprint density at radius 1 is 1.44 bits per heavy atom. The van der Waals surface area contributed by atoms with Gasteiger partial charge in [0.1, 0.15) is 12.2 Å². The number of cyclic esters (lactones) is 1. The fourth-order valence-electron chi connectivity index (χ4n) is 1.78. The molecule has 0 aliphatic carbocycles. The van der Waals surface area contributed by atoms with Crippen LogP contribution in [-0.4, -0.2) is 18.2 Å². The number of carbonyl (C=O) groups excluding carboxylic acids is 1. The van der Waals surface area contributed by atoms with E-state index in [1.165, 1.54) is 0 Å². The Labute approximate surface area is 107 Å². The molecule has 18 heavy (non-hydrogen) atoms. The van der Waals surface area contributed by atoms with Crippen LogP contribution in [0.25, 0.3) is 0 Å². The fourth-order valence-corrected chi connectivity index (χ4v) is 1.78. The number of hydrogen-bond donors (Lipinski definition) is 0. The van der Waals surface area contributed by atoms with Crippen LogP contribution < -0.4 is 0 Å². The van der Waals surface area contributed by atoms with Gasteiger partial charge in [-0.2, -0.15) is 0 Å². The van der Waals surface area contributed by atoms with Crippen molar-refractivity contribution in [3.05, 3.63) is 60.7 Å². The molecule has 0 saturated carbocycles. The van der Waals surface area contributed by atoms with Crippen molar-refractivity contribution in [1.82, 2.24) is 0 Å². The van der Waals surface area contributed by atoms with E-state index in [1.807, 2.05) is 36.4 Å². The maximum atomic E-state index is 11.2. The molecule has 94 valence electrons. The molecule has 0 radical (unpaired) electrons. The highest BCUT2D eigenvalue weighted by Gasteiger charge is 2.23. The standard InChI is InChI=1S/C15H16O3/c1-2-13(14-9-6-10-15(16)18-14)17-11-12-7-4-3-5-8-12/h2-9,13-14H,1,10-11H2/t13-,14+/m0/s1. The average Bonchev–Trinajstić information content (AvgIpc) is 2.41. The van der Waals surface area contributed by atoms with Crippen molar-refractivity contribution in [2.75, 3.05) is 0 Å². The molecular formula is C15H16O3. The van der Waals surface area contributed by atoms with Crippen molar-refractivity contribution in [2.45, 2.75) is 25.2 Å². The van der Waals surface area contributed by atoms with Crippen LogP contribution in [0.15, 0.2) is 55.1 Å². The van der Waals surface area contributed by atoms with Gasteiger partial charge in [-0.15, -0.1) is 6.58 Å². The second kappa shape index (κ2) is 6.17. The molecule has 1 aromatic carbocycles. The van der Waals surface area contributed by atoms with Crippen LogP contribution >= 0.6 is 0 Å². The van der Waals surface area contributed by atoms with Gasteiger partial charge >= 0.3 is 5.97 Å². The molecule has 1 aliphatic rings. The van der Waals surface area contributed by atoms with Gasteiger partial charge in [-0.25, -0.2) is 0 Å². The summed E-state index contributed by atoms with van der Waals surface area (Å²) >= 11 is 0. The fraction of sp³-hybridized carbons (Fsp3) is 0.267. The van der Waals surface area contributed by atoms with Gasteiger partial charge < -0.3 is 9.47 Å². The maximum absolute atomic E-state index is 11.2. The Kier molecular flexibility index (Phi) is 4.31. The van der Waals surface area contributed by atoms with E-state index in [2.05, 4.69) is 6.58 Å². The highest BCUT2D eigenvalue weighted by Crippen LogP contribution is 2.15. The third kappa shape index (κ3) is 3.31. The van der Waals surface area contributed by atoms with E-state index < -0.39 is 0 Å². The number of hydrogen-bond acceptors (Lipinski definition) is 3. The molecule has 0 fully saturated rings. The summed E-state index contributed by atoms with van der Waals surface area (Å²) in [6.45, 7) is 4.19. The Balaban J connectivity index is 1.93. The first-order valence-electron chi connectivity index (χ1n) is 5.94. The first kappa shape index (κ1) is 12.6. The van der Waals surface area contributed by atoms with E-state index in [1.54, 1.807) is 12.2 Å². The predicted molar refractivity (Wildman–Crippen MR) is 68.9 cm³/mol. The lowest BCUT2D eigenvalue weighted by atomic mass is 10.1. The molecular weight excluding hydrogens is 228 g/mol. The van der Waals surface area contributed by atoms with E-state index in [-0.39, 0.29) is 18.2 Å². The molecule has 1 heterocycles. The molecule has 1 aliphatic heterocycles. The van der Waals surface area contributed by atoms with Crippen LogP contribution in [0.1, 0.15) is 12.0 Å². The maximum Gasteiger partial charge on any atom is 0.310 e. The lowest BCUT2D eigenvalue weighted by Gasteiger charge is -2.24. The molecule has 0 bridgehead atoms. The molecule has 3 nitrogen and oxygen atoms in total. The first-order chi connectivity index (χ1) is 8.79. The SMILES string of the molecule is C=C[C@H](OCc1ccccc1)[C@H]1C=CCC(=O)O1. The highest BCUT2D eigenvalue weighted by molar-refractivity contribution is 5.72. The molecule has 0 saturated heterocycles. The number of rotatable bonds is 5. The minimum atomic E-state index is -0.368. The number of carbonyl (C=O) groups is 1. The second-order valence-electron chi connectivity index (χ2n) is 4.08. The van der Waals surface area contributed by atoms with Crippen molar-refractivity contribution in [3.63, 3.8) is 0 Å². The Morgan fingerprint density at radius 2 is 2.22 bits per heavy atom. The van der Waals surface area contributed by atoms with Gasteiger partial charge in [0.05, 0.1) is 13.0 Å². The summed E-state index contributed by atoms with van der Waals surface area (Å²) < 4.78 is 10.9. The molecule has 2 atom stereocenters. The highest BCUT2D eigenvalue weighted by atomic mass is 16.6. The van der Waals surface area contributed by atoms with Gasteiger partial charge in [-0.1, -0.05) is 42.5 Å². The monoisotopic (exact) mass is 244 g/mol. The van der Waals surface area contributed by atoms with Gasteiger partial charge in [-0.3, -0.25) is 4.79 Å². The molecule has 3 heteroatoms. The zero-order valence-electron chi connectivity index (χ0n) is 10.1. The van der Waals surface area contributed by atoms with Crippen molar-refractivity contribution in [2.24, 2.45) is 0 Å². The van der Waals surface area contributed by atoms with Crippen LogP contribution in [0.2, 0.25) is 0 Å². The van der Waals surface area contributed by atoms with Crippen LogP contribution in [-0.2, 0) is 20.9 Å². The van der Waals surface area contributed by atoms with Crippen molar-refractivity contribution in [3.8, 4) is 0 Å². The number of ether oxygens (including phenoxy) is 2. The summed E-state index contributed by atoms with van der Waals surface area (Å²) in [5, 5.41) is 0. The minimum absolute atomic E-state index is 0.224. The van der Waals surface area contributed by atoms with Crippen molar-refractivity contribution in [1.29, 1.82) is 0 Å². The van der Waals surface area contributed by atoms with Gasteiger partial charge in [0, 0.05) is 0 Å². The molecule has 0 N–H and O–H groups in total. The van der Waals surface area contributed by atoms with Gasteiger partial charge in [0.2, 0.25) is 0 Å². The van der Waals surface area contributed by atoms with E-state index in [0.717, 1.165) is 5.56 Å².